The first-order valence-corrected chi connectivity index (χ1v) is 9.36. The van der Waals surface area contributed by atoms with Gasteiger partial charge in [0.05, 0.1) is 6.10 Å². The second-order valence-electron chi connectivity index (χ2n) is 7.27. The number of ether oxygens (including phenoxy) is 2. The Labute approximate surface area is 174 Å². The highest BCUT2D eigenvalue weighted by Crippen LogP contribution is 2.36. The van der Waals surface area contributed by atoms with E-state index in [1.54, 1.807) is 0 Å². The molecule has 3 aromatic rings. The third kappa shape index (κ3) is 3.66. The van der Waals surface area contributed by atoms with Crippen LogP contribution in [0.1, 0.15) is 6.92 Å². The molecule has 0 amide bonds. The van der Waals surface area contributed by atoms with Crippen molar-refractivity contribution in [1.29, 1.82) is 0 Å². The average molecular weight is 432 g/mol. The Balaban J connectivity index is 1.76. The lowest BCUT2D eigenvalue weighted by Crippen LogP contribution is -2.58. The van der Waals surface area contributed by atoms with Crippen LogP contribution in [0.4, 0.5) is 0 Å². The summed E-state index contributed by atoms with van der Waals surface area (Å²) < 4.78 is 16.5. The van der Waals surface area contributed by atoms with Crippen LogP contribution in [0.3, 0.4) is 0 Å². The molecule has 1 aromatic heterocycles. The third-order valence-electron chi connectivity index (χ3n) is 5.11. The van der Waals surface area contributed by atoms with E-state index in [-0.39, 0.29) is 28.2 Å². The largest absolute Gasteiger partial charge is 0.508 e. The molecule has 0 bridgehead atoms. The zero-order chi connectivity index (χ0) is 22.4. The molecule has 1 aliphatic heterocycles. The minimum atomic E-state index is -1.58. The van der Waals surface area contributed by atoms with Gasteiger partial charge in [0.1, 0.15) is 46.5 Å². The number of aromatic hydroxyl groups is 3. The van der Waals surface area contributed by atoms with Crippen LogP contribution in [0.2, 0.25) is 0 Å². The monoisotopic (exact) mass is 432 g/mol. The molecule has 1 aliphatic rings. The molecule has 31 heavy (non-hydrogen) atoms. The number of benzene rings is 2. The quantitative estimate of drug-likeness (QED) is 0.348. The zero-order valence-corrected chi connectivity index (χ0v) is 16.2. The smallest absolute Gasteiger partial charge is 0.238 e. The van der Waals surface area contributed by atoms with Gasteiger partial charge in [0, 0.05) is 17.7 Å². The molecule has 6 N–H and O–H groups in total. The molecular formula is C21H20O10. The highest BCUT2D eigenvalue weighted by atomic mass is 16.7. The second kappa shape index (κ2) is 7.75. The number of rotatable bonds is 3. The summed E-state index contributed by atoms with van der Waals surface area (Å²) in [6.07, 6.45) is -6.62. The summed E-state index contributed by atoms with van der Waals surface area (Å²) in [4.78, 5) is 12.6. The van der Waals surface area contributed by atoms with Gasteiger partial charge >= 0.3 is 0 Å². The van der Waals surface area contributed by atoms with Crippen LogP contribution in [0, 0.1) is 0 Å². The summed E-state index contributed by atoms with van der Waals surface area (Å²) >= 11 is 0. The summed E-state index contributed by atoms with van der Waals surface area (Å²) in [7, 11) is 0. The highest BCUT2D eigenvalue weighted by Gasteiger charge is 2.43. The molecule has 10 nitrogen and oxygen atoms in total. The number of hydrogen-bond acceptors (Lipinski definition) is 10. The number of phenolic OH excluding ortho intramolecular Hbond substituents is 2. The van der Waals surface area contributed by atoms with Crippen molar-refractivity contribution >= 4 is 11.0 Å². The van der Waals surface area contributed by atoms with E-state index in [4.69, 9.17) is 13.9 Å². The van der Waals surface area contributed by atoms with Gasteiger partial charge in [-0.15, -0.1) is 0 Å². The van der Waals surface area contributed by atoms with E-state index >= 15 is 0 Å². The lowest BCUT2D eigenvalue weighted by atomic mass is 10.00. The first-order chi connectivity index (χ1) is 14.7. The van der Waals surface area contributed by atoms with Crippen LogP contribution in [-0.4, -0.2) is 61.3 Å². The van der Waals surface area contributed by atoms with Crippen molar-refractivity contribution in [2.75, 3.05) is 0 Å². The summed E-state index contributed by atoms with van der Waals surface area (Å²) in [5.41, 5.74) is -0.702. The van der Waals surface area contributed by atoms with Crippen LogP contribution < -0.4 is 10.2 Å². The van der Waals surface area contributed by atoms with Gasteiger partial charge in [-0.05, 0) is 31.2 Å². The first-order valence-electron chi connectivity index (χ1n) is 9.36. The van der Waals surface area contributed by atoms with E-state index in [1.165, 1.54) is 37.3 Å². The van der Waals surface area contributed by atoms with Crippen LogP contribution in [0.25, 0.3) is 22.3 Å². The van der Waals surface area contributed by atoms with Crippen LogP contribution >= 0.6 is 0 Å². The van der Waals surface area contributed by atoms with E-state index in [0.29, 0.717) is 5.56 Å². The van der Waals surface area contributed by atoms with Crippen molar-refractivity contribution in [2.24, 2.45) is 0 Å². The summed E-state index contributed by atoms with van der Waals surface area (Å²) in [5, 5.41) is 59.6. The van der Waals surface area contributed by atoms with E-state index in [2.05, 4.69) is 0 Å². The van der Waals surface area contributed by atoms with Gasteiger partial charge in [0.2, 0.25) is 17.5 Å². The predicted molar refractivity (Wildman–Crippen MR) is 106 cm³/mol. The molecule has 1 fully saturated rings. The van der Waals surface area contributed by atoms with Gasteiger partial charge in [0.15, 0.2) is 5.76 Å². The predicted octanol–water partition coefficient (Wildman–Crippen LogP) is 0.783. The van der Waals surface area contributed by atoms with Gasteiger partial charge < -0.3 is 44.5 Å². The van der Waals surface area contributed by atoms with Crippen molar-refractivity contribution in [2.45, 2.75) is 37.6 Å². The second-order valence-corrected chi connectivity index (χ2v) is 7.27. The van der Waals surface area contributed by atoms with Crippen molar-refractivity contribution in [3.8, 4) is 34.3 Å². The van der Waals surface area contributed by atoms with Crippen molar-refractivity contribution in [3.05, 3.63) is 46.6 Å². The van der Waals surface area contributed by atoms with Crippen LogP contribution in [0.5, 0.6) is 23.0 Å². The molecule has 0 saturated carbocycles. The Hall–Kier alpha value is -3.31. The molecule has 1 unspecified atom stereocenters. The maximum atomic E-state index is 12.6. The number of fused-ring (bicyclic) bond motifs is 1. The topological polar surface area (TPSA) is 170 Å². The summed E-state index contributed by atoms with van der Waals surface area (Å²) in [6.45, 7) is 1.49. The normalized spacial score (nSPS) is 26.1. The third-order valence-corrected chi connectivity index (χ3v) is 5.11. The van der Waals surface area contributed by atoms with Crippen LogP contribution in [0.15, 0.2) is 45.6 Å². The lowest BCUT2D eigenvalue weighted by Gasteiger charge is -2.38. The van der Waals surface area contributed by atoms with Gasteiger partial charge in [-0.25, -0.2) is 0 Å². The number of aliphatic hydroxyl groups excluding tert-OH is 3. The molecule has 0 spiro atoms. The average Bonchev–Trinajstić information content (AvgIpc) is 2.73. The molecule has 2 heterocycles. The maximum Gasteiger partial charge on any atom is 0.238 e. The Morgan fingerprint density at radius 2 is 1.61 bits per heavy atom. The van der Waals surface area contributed by atoms with E-state index in [1.807, 2.05) is 0 Å². The van der Waals surface area contributed by atoms with E-state index in [0.717, 1.165) is 6.07 Å². The molecule has 1 saturated heterocycles. The fourth-order valence-electron chi connectivity index (χ4n) is 3.39. The standard InChI is InChI=1S/C21H20O10/c1-8-15(24)17(26)19(28)21(29-8)30-11-6-12(23)14-13(7-11)31-20(18(27)16(14)25)9-2-4-10(22)5-3-9/h2-8,15,17,19,21-24,26-28H,1H3/t8-,15-,17+,19+,21?/m1/s1. The summed E-state index contributed by atoms with van der Waals surface area (Å²) in [5.74, 6) is -1.54. The fourth-order valence-corrected chi connectivity index (χ4v) is 3.39. The van der Waals surface area contributed by atoms with Gasteiger partial charge in [-0.3, -0.25) is 4.79 Å². The zero-order valence-electron chi connectivity index (χ0n) is 16.2. The summed E-state index contributed by atoms with van der Waals surface area (Å²) in [6, 6.07) is 7.87. The van der Waals surface area contributed by atoms with E-state index in [9.17, 15) is 35.4 Å². The van der Waals surface area contributed by atoms with Gasteiger partial charge in [0.25, 0.3) is 0 Å². The molecule has 2 aromatic carbocycles. The molecule has 164 valence electrons. The Kier molecular flexibility index (Phi) is 5.23. The molecule has 10 heteroatoms. The first kappa shape index (κ1) is 20.9. The van der Waals surface area contributed by atoms with Crippen molar-refractivity contribution in [3.63, 3.8) is 0 Å². The van der Waals surface area contributed by atoms with Gasteiger partial charge in [-0.2, -0.15) is 0 Å². The minimum absolute atomic E-state index is 0.0210. The number of hydrogen-bond donors (Lipinski definition) is 6. The fraction of sp³-hybridized carbons (Fsp3) is 0.286. The Morgan fingerprint density at radius 1 is 0.935 bits per heavy atom. The maximum absolute atomic E-state index is 12.6. The molecule has 0 aliphatic carbocycles. The highest BCUT2D eigenvalue weighted by molar-refractivity contribution is 5.88. The Bertz CT molecular complexity index is 1170. The van der Waals surface area contributed by atoms with Crippen molar-refractivity contribution in [1.82, 2.24) is 0 Å². The van der Waals surface area contributed by atoms with E-state index < -0.39 is 47.6 Å². The van der Waals surface area contributed by atoms with Crippen LogP contribution in [-0.2, 0) is 4.74 Å². The molecular weight excluding hydrogens is 412 g/mol. The molecule has 0 radical (unpaired) electrons. The number of aliphatic hydroxyl groups is 3. The SMILES string of the molecule is C[C@H]1OC(Oc2cc(O)c3c(=O)c(O)c(-c4ccc(O)cc4)oc3c2)[C@@H](O)[C@@H](O)[C@@H]1O. The number of phenols is 2. The Morgan fingerprint density at radius 3 is 2.29 bits per heavy atom. The van der Waals surface area contributed by atoms with Crippen molar-refractivity contribution < 1.29 is 44.5 Å². The van der Waals surface area contributed by atoms with Gasteiger partial charge in [-0.1, -0.05) is 0 Å². The molecule has 5 atom stereocenters. The minimum Gasteiger partial charge on any atom is -0.508 e. The lowest BCUT2D eigenvalue weighted by molar-refractivity contribution is -0.268. The molecule has 4 rings (SSSR count).